The molecule has 2 aromatic rings. The molecule has 1 aromatic heterocycles. The molecule has 0 radical (unpaired) electrons. The molecule has 9 heteroatoms. The fraction of sp³-hybridized carbons (Fsp3) is 0.526. The second-order valence-electron chi connectivity index (χ2n) is 7.28. The summed E-state index contributed by atoms with van der Waals surface area (Å²) in [5.74, 6) is 1.52. The third-order valence-electron chi connectivity index (χ3n) is 4.90. The maximum atomic E-state index is 12.6. The van der Waals surface area contributed by atoms with Crippen LogP contribution in [0.25, 0.3) is 0 Å². The first-order valence-electron chi connectivity index (χ1n) is 9.39. The van der Waals surface area contributed by atoms with E-state index in [1.807, 2.05) is 20.8 Å². The molecule has 1 saturated heterocycles. The Labute approximate surface area is 175 Å². The second kappa shape index (κ2) is 9.22. The lowest BCUT2D eigenvalue weighted by Crippen LogP contribution is -2.52. The van der Waals surface area contributed by atoms with Crippen molar-refractivity contribution in [3.63, 3.8) is 0 Å². The first kappa shape index (κ1) is 21.0. The van der Waals surface area contributed by atoms with Gasteiger partial charge in [0.2, 0.25) is 11.8 Å². The summed E-state index contributed by atoms with van der Waals surface area (Å²) in [7, 11) is 0. The third kappa shape index (κ3) is 5.03. The van der Waals surface area contributed by atoms with Crippen molar-refractivity contribution in [2.24, 2.45) is 0 Å². The van der Waals surface area contributed by atoms with Crippen LogP contribution in [0.15, 0.2) is 22.7 Å². The molecule has 3 rings (SSSR count). The summed E-state index contributed by atoms with van der Waals surface area (Å²) >= 11 is 12.2. The summed E-state index contributed by atoms with van der Waals surface area (Å²) in [4.78, 5) is 21.4. The van der Waals surface area contributed by atoms with Crippen LogP contribution in [0.1, 0.15) is 38.4 Å². The van der Waals surface area contributed by atoms with Crippen molar-refractivity contribution in [2.45, 2.75) is 39.3 Å². The Morgan fingerprint density at radius 2 is 1.93 bits per heavy atom. The average molecular weight is 426 g/mol. The van der Waals surface area contributed by atoms with Crippen LogP contribution < -0.4 is 5.32 Å². The van der Waals surface area contributed by atoms with Gasteiger partial charge in [0.05, 0.1) is 28.3 Å². The number of halogens is 2. The van der Waals surface area contributed by atoms with Crippen molar-refractivity contribution >= 4 is 34.8 Å². The van der Waals surface area contributed by atoms with Crippen LogP contribution in [0.2, 0.25) is 10.0 Å². The lowest BCUT2D eigenvalue weighted by Gasteiger charge is -2.36. The van der Waals surface area contributed by atoms with E-state index in [0.717, 1.165) is 32.0 Å². The molecule has 1 unspecified atom stereocenters. The van der Waals surface area contributed by atoms with Gasteiger partial charge in [-0.15, -0.1) is 0 Å². The van der Waals surface area contributed by atoms with Gasteiger partial charge in [-0.25, -0.2) is 0 Å². The first-order valence-corrected chi connectivity index (χ1v) is 10.1. The van der Waals surface area contributed by atoms with E-state index in [1.54, 1.807) is 18.2 Å². The van der Waals surface area contributed by atoms with E-state index in [0.29, 0.717) is 28.2 Å². The molecule has 1 N–H and O–H groups in total. The molecule has 7 nitrogen and oxygen atoms in total. The van der Waals surface area contributed by atoms with E-state index < -0.39 is 0 Å². The van der Waals surface area contributed by atoms with Crippen LogP contribution in [0, 0.1) is 0 Å². The number of aromatic nitrogens is 2. The Morgan fingerprint density at radius 1 is 1.21 bits per heavy atom. The normalized spacial score (nSPS) is 17.1. The number of hydrogen-bond acceptors (Lipinski definition) is 6. The number of rotatable bonds is 6. The highest BCUT2D eigenvalue weighted by atomic mass is 35.5. The fourth-order valence-corrected chi connectivity index (χ4v) is 3.42. The minimum Gasteiger partial charge on any atom is -0.338 e. The summed E-state index contributed by atoms with van der Waals surface area (Å²) < 4.78 is 5.32. The third-order valence-corrected chi connectivity index (χ3v) is 5.72. The molecule has 1 amide bonds. The Hall–Kier alpha value is -1.67. The quantitative estimate of drug-likeness (QED) is 0.760. The van der Waals surface area contributed by atoms with Crippen LogP contribution >= 0.6 is 23.2 Å². The van der Waals surface area contributed by atoms with Crippen LogP contribution in [-0.2, 0) is 11.3 Å². The van der Waals surface area contributed by atoms with Gasteiger partial charge in [-0.1, -0.05) is 48.3 Å². The van der Waals surface area contributed by atoms with Gasteiger partial charge in [-0.3, -0.25) is 14.6 Å². The lowest BCUT2D eigenvalue weighted by molar-refractivity contribution is -0.121. The molecule has 1 fully saturated rings. The van der Waals surface area contributed by atoms with Crippen molar-refractivity contribution in [1.29, 1.82) is 0 Å². The number of nitrogens with one attached hydrogen (secondary N) is 1. The molecular formula is C19H25Cl2N5O2. The van der Waals surface area contributed by atoms with Crippen LogP contribution in [0.4, 0.5) is 5.69 Å². The van der Waals surface area contributed by atoms with Gasteiger partial charge in [-0.05, 0) is 19.1 Å². The second-order valence-corrected chi connectivity index (χ2v) is 8.06. The maximum absolute atomic E-state index is 12.6. The standard InChI is InChI=1S/C19H25Cl2N5O2/c1-12(2)18-23-16(28-24-18)11-25-7-9-26(10-8-25)13(3)19(27)22-15-6-4-5-14(20)17(15)21/h4-6,12-13H,7-11H2,1-3H3,(H,22,27). The number of amides is 1. The molecule has 0 saturated carbocycles. The topological polar surface area (TPSA) is 74.5 Å². The van der Waals surface area contributed by atoms with Gasteiger partial charge in [-0.2, -0.15) is 4.98 Å². The molecular weight excluding hydrogens is 401 g/mol. The Morgan fingerprint density at radius 3 is 2.57 bits per heavy atom. The van der Waals surface area contributed by atoms with Crippen LogP contribution in [-0.4, -0.2) is 58.1 Å². The van der Waals surface area contributed by atoms with E-state index in [2.05, 4.69) is 25.3 Å². The first-order chi connectivity index (χ1) is 13.3. The number of carbonyl (C=O) groups is 1. The highest BCUT2D eigenvalue weighted by Crippen LogP contribution is 2.29. The lowest BCUT2D eigenvalue weighted by atomic mass is 10.2. The van der Waals surface area contributed by atoms with E-state index >= 15 is 0 Å². The average Bonchev–Trinajstić information content (AvgIpc) is 3.14. The van der Waals surface area contributed by atoms with Gasteiger partial charge in [0, 0.05) is 32.1 Å². The highest BCUT2D eigenvalue weighted by molar-refractivity contribution is 6.44. The number of hydrogen-bond donors (Lipinski definition) is 1. The molecule has 1 aromatic carbocycles. The largest absolute Gasteiger partial charge is 0.338 e. The summed E-state index contributed by atoms with van der Waals surface area (Å²) in [5, 5.41) is 7.65. The number of piperazine rings is 1. The van der Waals surface area contributed by atoms with Crippen molar-refractivity contribution in [3.05, 3.63) is 40.0 Å². The van der Waals surface area contributed by atoms with Crippen molar-refractivity contribution in [3.8, 4) is 0 Å². The molecule has 0 aliphatic carbocycles. The van der Waals surface area contributed by atoms with Crippen molar-refractivity contribution < 1.29 is 9.32 Å². The van der Waals surface area contributed by atoms with E-state index in [-0.39, 0.29) is 17.9 Å². The smallest absolute Gasteiger partial charge is 0.241 e. The zero-order valence-electron chi connectivity index (χ0n) is 16.3. The van der Waals surface area contributed by atoms with Crippen molar-refractivity contribution in [2.75, 3.05) is 31.5 Å². The monoisotopic (exact) mass is 425 g/mol. The molecule has 28 heavy (non-hydrogen) atoms. The van der Waals surface area contributed by atoms with Crippen LogP contribution in [0.3, 0.4) is 0 Å². The maximum Gasteiger partial charge on any atom is 0.241 e. The number of benzene rings is 1. The zero-order valence-corrected chi connectivity index (χ0v) is 17.8. The van der Waals surface area contributed by atoms with E-state index in [9.17, 15) is 4.79 Å². The molecule has 0 bridgehead atoms. The fourth-order valence-electron chi connectivity index (χ4n) is 3.07. The molecule has 2 heterocycles. The molecule has 1 aliphatic rings. The minimum absolute atomic E-state index is 0.101. The zero-order chi connectivity index (χ0) is 20.3. The van der Waals surface area contributed by atoms with Gasteiger partial charge >= 0.3 is 0 Å². The van der Waals surface area contributed by atoms with Gasteiger partial charge in [0.25, 0.3) is 0 Å². The Kier molecular flexibility index (Phi) is 6.93. The highest BCUT2D eigenvalue weighted by Gasteiger charge is 2.27. The Bertz CT molecular complexity index is 818. The Balaban J connectivity index is 1.50. The number of carbonyl (C=O) groups excluding carboxylic acids is 1. The summed E-state index contributed by atoms with van der Waals surface area (Å²) in [6, 6.07) is 4.92. The SMILES string of the molecule is CC(C)c1noc(CN2CCN(C(C)C(=O)Nc3cccc(Cl)c3Cl)CC2)n1. The molecule has 0 spiro atoms. The summed E-state index contributed by atoms with van der Waals surface area (Å²) in [6.07, 6.45) is 0. The summed E-state index contributed by atoms with van der Waals surface area (Å²) in [5.41, 5.74) is 0.530. The predicted molar refractivity (Wildman–Crippen MR) is 110 cm³/mol. The minimum atomic E-state index is -0.270. The van der Waals surface area contributed by atoms with Crippen LogP contribution in [0.5, 0.6) is 0 Å². The van der Waals surface area contributed by atoms with E-state index in [4.69, 9.17) is 27.7 Å². The van der Waals surface area contributed by atoms with E-state index in [1.165, 1.54) is 0 Å². The van der Waals surface area contributed by atoms with Crippen molar-refractivity contribution in [1.82, 2.24) is 19.9 Å². The van der Waals surface area contributed by atoms with Gasteiger partial charge < -0.3 is 9.84 Å². The number of nitrogens with zero attached hydrogens (tertiary/aromatic N) is 4. The molecule has 152 valence electrons. The predicted octanol–water partition coefficient (Wildman–Crippen LogP) is 3.64. The van der Waals surface area contributed by atoms with Gasteiger partial charge in [0.1, 0.15) is 0 Å². The molecule has 1 aliphatic heterocycles. The molecule has 1 atom stereocenters. The number of anilines is 1. The summed E-state index contributed by atoms with van der Waals surface area (Å²) in [6.45, 7) is 9.82. The van der Waals surface area contributed by atoms with Gasteiger partial charge in [0.15, 0.2) is 5.82 Å².